The monoisotopic (exact) mass is 358 g/mol. The first-order valence-electron chi connectivity index (χ1n) is 7.81. The van der Waals surface area contributed by atoms with Crippen LogP contribution in [0.1, 0.15) is 0 Å². The lowest BCUT2D eigenvalue weighted by Gasteiger charge is -2.33. The van der Waals surface area contributed by atoms with Crippen LogP contribution in [0.2, 0.25) is 5.02 Å². The number of carboxylic acids is 1. The number of carbonyl (C=O) groups is 1. The van der Waals surface area contributed by atoms with Crippen LogP contribution >= 0.6 is 11.6 Å². The molecule has 2 aromatic heterocycles. The number of halogens is 1. The summed E-state index contributed by atoms with van der Waals surface area (Å²) >= 11 is 5.97. The molecule has 1 atom stereocenters. The van der Waals surface area contributed by atoms with Crippen LogP contribution in [-0.2, 0) is 9.53 Å². The Balaban J connectivity index is 1.87. The van der Waals surface area contributed by atoms with Crippen LogP contribution in [0.15, 0.2) is 42.7 Å². The zero-order valence-corrected chi connectivity index (χ0v) is 13.9. The van der Waals surface area contributed by atoms with E-state index in [0.29, 0.717) is 24.0 Å². The van der Waals surface area contributed by atoms with Crippen molar-refractivity contribution in [2.75, 3.05) is 24.7 Å². The number of pyridine rings is 1. The summed E-state index contributed by atoms with van der Waals surface area (Å²) in [6.45, 7) is 1.06. The fourth-order valence-corrected chi connectivity index (χ4v) is 3.13. The molecule has 1 unspecified atom stereocenters. The number of hydrogen-bond donors (Lipinski definition) is 1. The van der Waals surface area contributed by atoms with E-state index in [9.17, 15) is 9.90 Å². The molecule has 1 saturated heterocycles. The molecule has 0 spiro atoms. The number of morpholine rings is 1. The van der Waals surface area contributed by atoms with Gasteiger partial charge in [0.05, 0.1) is 30.6 Å². The molecular formula is C17H15ClN4O3. The van der Waals surface area contributed by atoms with Crippen molar-refractivity contribution in [2.45, 2.75) is 6.04 Å². The number of aliphatic carboxylic acids is 1. The van der Waals surface area contributed by atoms with E-state index in [-0.39, 0.29) is 6.61 Å². The third-order valence-electron chi connectivity index (χ3n) is 4.22. The minimum atomic E-state index is -0.928. The summed E-state index contributed by atoms with van der Waals surface area (Å²) in [7, 11) is 0. The number of anilines is 1. The maximum Gasteiger partial charge on any atom is 0.328 e. The van der Waals surface area contributed by atoms with E-state index in [1.807, 2.05) is 18.2 Å². The van der Waals surface area contributed by atoms with E-state index in [1.54, 1.807) is 34.1 Å². The third-order valence-corrected chi connectivity index (χ3v) is 4.47. The molecule has 1 aliphatic rings. The van der Waals surface area contributed by atoms with E-state index in [2.05, 4.69) is 10.1 Å². The lowest BCUT2D eigenvalue weighted by molar-refractivity contribution is -0.141. The molecule has 25 heavy (non-hydrogen) atoms. The number of hydrogen-bond acceptors (Lipinski definition) is 5. The van der Waals surface area contributed by atoms with Gasteiger partial charge in [-0.15, -0.1) is 5.10 Å². The third kappa shape index (κ3) is 2.81. The molecule has 8 heteroatoms. The normalized spacial score (nSPS) is 17.8. The number of ether oxygens (including phenoxy) is 1. The summed E-state index contributed by atoms with van der Waals surface area (Å²) in [5.74, 6) is -0.314. The van der Waals surface area contributed by atoms with Gasteiger partial charge in [0.15, 0.2) is 11.9 Å². The van der Waals surface area contributed by atoms with Crippen LogP contribution in [-0.4, -0.2) is 51.6 Å². The molecule has 7 nitrogen and oxygen atoms in total. The van der Waals surface area contributed by atoms with Gasteiger partial charge in [-0.05, 0) is 30.3 Å². The fraction of sp³-hybridized carbons (Fsp3) is 0.235. The molecule has 0 saturated carbocycles. The summed E-state index contributed by atoms with van der Waals surface area (Å²) in [5.41, 5.74) is 1.63. The fourth-order valence-electron chi connectivity index (χ4n) is 3.00. The molecular weight excluding hydrogens is 344 g/mol. The molecule has 0 bridgehead atoms. The molecule has 1 aromatic carbocycles. The van der Waals surface area contributed by atoms with Crippen molar-refractivity contribution in [3.8, 4) is 5.69 Å². The maximum absolute atomic E-state index is 11.6. The standard InChI is InChI=1S/C17H15ClN4O3/c18-11-1-3-12(4-2-11)22-14-9-19-6-5-13(14)16(20-22)21-7-8-25-10-15(21)17(23)24/h1-6,9,15H,7-8,10H2,(H,23,24). The van der Waals surface area contributed by atoms with Gasteiger partial charge in [-0.25, -0.2) is 9.48 Å². The second-order valence-electron chi connectivity index (χ2n) is 5.73. The molecule has 1 N–H and O–H groups in total. The Morgan fingerprint density at radius 1 is 1.28 bits per heavy atom. The van der Waals surface area contributed by atoms with Gasteiger partial charge in [0.2, 0.25) is 0 Å². The Kier molecular flexibility index (Phi) is 4.03. The largest absolute Gasteiger partial charge is 0.480 e. The second kappa shape index (κ2) is 6.34. The van der Waals surface area contributed by atoms with Crippen LogP contribution in [0, 0.1) is 0 Å². The van der Waals surface area contributed by atoms with Crippen LogP contribution < -0.4 is 4.90 Å². The zero-order valence-electron chi connectivity index (χ0n) is 13.2. The smallest absolute Gasteiger partial charge is 0.328 e. The van der Waals surface area contributed by atoms with Gasteiger partial charge in [0.1, 0.15) is 0 Å². The first-order chi connectivity index (χ1) is 12.1. The molecule has 3 aromatic rings. The minimum Gasteiger partial charge on any atom is -0.480 e. The van der Waals surface area contributed by atoms with Gasteiger partial charge >= 0.3 is 5.97 Å². The van der Waals surface area contributed by atoms with E-state index >= 15 is 0 Å². The predicted molar refractivity (Wildman–Crippen MR) is 93.5 cm³/mol. The Hall–Kier alpha value is -2.64. The Morgan fingerprint density at radius 3 is 2.84 bits per heavy atom. The van der Waals surface area contributed by atoms with E-state index in [4.69, 9.17) is 16.3 Å². The van der Waals surface area contributed by atoms with Gasteiger partial charge in [-0.2, -0.15) is 0 Å². The van der Waals surface area contributed by atoms with E-state index in [0.717, 1.165) is 16.6 Å². The first-order valence-corrected chi connectivity index (χ1v) is 8.19. The summed E-state index contributed by atoms with van der Waals surface area (Å²) in [6, 6.07) is 8.38. The molecule has 1 aliphatic heterocycles. The van der Waals surface area contributed by atoms with Crippen molar-refractivity contribution in [1.29, 1.82) is 0 Å². The van der Waals surface area contributed by atoms with Crippen LogP contribution in [0.25, 0.3) is 16.6 Å². The molecule has 0 amide bonds. The molecule has 0 radical (unpaired) electrons. The van der Waals surface area contributed by atoms with Gasteiger partial charge in [0, 0.05) is 23.2 Å². The lowest BCUT2D eigenvalue weighted by Crippen LogP contribution is -2.50. The number of aromatic nitrogens is 3. The average Bonchev–Trinajstić information content (AvgIpc) is 3.02. The highest BCUT2D eigenvalue weighted by molar-refractivity contribution is 6.30. The molecule has 128 valence electrons. The summed E-state index contributed by atoms with van der Waals surface area (Å²) in [6.07, 6.45) is 3.40. The van der Waals surface area contributed by atoms with Crippen molar-refractivity contribution < 1.29 is 14.6 Å². The quantitative estimate of drug-likeness (QED) is 0.774. The predicted octanol–water partition coefficient (Wildman–Crippen LogP) is 2.36. The van der Waals surface area contributed by atoms with Crippen LogP contribution in [0.4, 0.5) is 5.82 Å². The van der Waals surface area contributed by atoms with Gasteiger partial charge < -0.3 is 14.7 Å². The van der Waals surface area contributed by atoms with Crippen molar-refractivity contribution in [3.63, 3.8) is 0 Å². The molecule has 3 heterocycles. The minimum absolute atomic E-state index is 0.135. The molecule has 1 fully saturated rings. The van der Waals surface area contributed by atoms with Gasteiger partial charge in [0.25, 0.3) is 0 Å². The van der Waals surface area contributed by atoms with Crippen LogP contribution in [0.5, 0.6) is 0 Å². The SMILES string of the molecule is O=C(O)C1COCCN1c1nn(-c2ccc(Cl)cc2)c2cnccc12. The first kappa shape index (κ1) is 15.9. The van der Waals surface area contributed by atoms with E-state index in [1.165, 1.54) is 0 Å². The summed E-state index contributed by atoms with van der Waals surface area (Å²) in [4.78, 5) is 17.6. The summed E-state index contributed by atoms with van der Waals surface area (Å²) in [5, 5.41) is 15.7. The molecule has 4 rings (SSSR count). The Labute approximate surface area is 148 Å². The molecule has 0 aliphatic carbocycles. The van der Waals surface area contributed by atoms with Gasteiger partial charge in [-0.3, -0.25) is 4.98 Å². The Morgan fingerprint density at radius 2 is 2.08 bits per heavy atom. The number of benzene rings is 1. The number of fused-ring (bicyclic) bond motifs is 1. The van der Waals surface area contributed by atoms with Crippen LogP contribution in [0.3, 0.4) is 0 Å². The Bertz CT molecular complexity index is 925. The van der Waals surface area contributed by atoms with Crippen molar-refractivity contribution in [1.82, 2.24) is 14.8 Å². The highest BCUT2D eigenvalue weighted by atomic mass is 35.5. The number of rotatable bonds is 3. The number of carboxylic acid groups (broad SMARTS) is 1. The second-order valence-corrected chi connectivity index (χ2v) is 6.16. The van der Waals surface area contributed by atoms with Gasteiger partial charge in [-0.1, -0.05) is 11.6 Å². The zero-order chi connectivity index (χ0) is 17.4. The topological polar surface area (TPSA) is 80.5 Å². The lowest BCUT2D eigenvalue weighted by atomic mass is 10.2. The van der Waals surface area contributed by atoms with Crippen molar-refractivity contribution in [2.24, 2.45) is 0 Å². The average molecular weight is 359 g/mol. The van der Waals surface area contributed by atoms with Crippen molar-refractivity contribution in [3.05, 3.63) is 47.7 Å². The maximum atomic E-state index is 11.6. The number of nitrogens with zero attached hydrogens (tertiary/aromatic N) is 4. The van der Waals surface area contributed by atoms with Crippen molar-refractivity contribution >= 4 is 34.3 Å². The highest BCUT2D eigenvalue weighted by Gasteiger charge is 2.32. The summed E-state index contributed by atoms with van der Waals surface area (Å²) < 4.78 is 7.08. The highest BCUT2D eigenvalue weighted by Crippen LogP contribution is 2.30. The van der Waals surface area contributed by atoms with E-state index < -0.39 is 12.0 Å².